The molecule has 0 bridgehead atoms. The number of nitrogens with zero attached hydrogens (tertiary/aromatic N) is 2. The number of para-hydroxylation sites is 2. The van der Waals surface area contributed by atoms with Crippen molar-refractivity contribution in [3.8, 4) is 17.2 Å². The summed E-state index contributed by atoms with van der Waals surface area (Å²) >= 11 is 0. The van der Waals surface area contributed by atoms with Crippen LogP contribution in [0.2, 0.25) is 0 Å². The second kappa shape index (κ2) is 10.6. The Bertz CT molecular complexity index is 1430. The zero-order chi connectivity index (χ0) is 25.8. The van der Waals surface area contributed by atoms with Gasteiger partial charge >= 0.3 is 0 Å². The number of benzene rings is 3. The van der Waals surface area contributed by atoms with Gasteiger partial charge in [0.2, 0.25) is 6.10 Å². The summed E-state index contributed by atoms with van der Waals surface area (Å²) in [6.45, 7) is 0.678. The van der Waals surface area contributed by atoms with Crippen molar-refractivity contribution in [3.05, 3.63) is 78.1 Å². The van der Waals surface area contributed by atoms with E-state index >= 15 is 0 Å². The Morgan fingerprint density at radius 1 is 1.08 bits per heavy atom. The van der Waals surface area contributed by atoms with Crippen LogP contribution in [0.4, 0.5) is 5.69 Å². The lowest BCUT2D eigenvalue weighted by Gasteiger charge is -2.25. The molecule has 190 valence electrons. The fraction of sp³-hybridized carbons (Fsp3) is 0.250. The molecule has 0 spiro atoms. The van der Waals surface area contributed by atoms with E-state index in [2.05, 4.69) is 10.6 Å². The van der Waals surface area contributed by atoms with Crippen LogP contribution >= 0.6 is 0 Å². The van der Waals surface area contributed by atoms with Crippen molar-refractivity contribution >= 4 is 28.5 Å². The van der Waals surface area contributed by atoms with E-state index < -0.39 is 6.10 Å². The molecule has 1 aliphatic heterocycles. The molecule has 2 amide bonds. The van der Waals surface area contributed by atoms with Crippen LogP contribution in [0.3, 0.4) is 0 Å². The molecule has 1 unspecified atom stereocenters. The van der Waals surface area contributed by atoms with Gasteiger partial charge < -0.3 is 29.4 Å². The predicted molar refractivity (Wildman–Crippen MR) is 139 cm³/mol. The van der Waals surface area contributed by atoms with E-state index in [1.807, 2.05) is 48.0 Å². The van der Waals surface area contributed by atoms with E-state index in [9.17, 15) is 9.59 Å². The van der Waals surface area contributed by atoms with Crippen LogP contribution < -0.4 is 24.8 Å². The van der Waals surface area contributed by atoms with Crippen LogP contribution in [-0.4, -0.2) is 47.7 Å². The number of fused-ring (bicyclic) bond motifs is 2. The number of hydrogen-bond donors (Lipinski definition) is 2. The maximum Gasteiger partial charge on any atom is 0.264 e. The number of rotatable bonds is 8. The Labute approximate surface area is 214 Å². The summed E-state index contributed by atoms with van der Waals surface area (Å²) in [5.41, 5.74) is 2.97. The molecule has 9 nitrogen and oxygen atoms in total. The first-order valence-electron chi connectivity index (χ1n) is 12.1. The van der Waals surface area contributed by atoms with Crippen LogP contribution in [0.15, 0.2) is 66.7 Å². The number of methoxy groups -OCH3 is 1. The Morgan fingerprint density at radius 3 is 2.65 bits per heavy atom. The van der Waals surface area contributed by atoms with E-state index in [0.717, 1.165) is 16.9 Å². The Balaban J connectivity index is 1.15. The van der Waals surface area contributed by atoms with Gasteiger partial charge in [0.15, 0.2) is 11.5 Å². The number of nitrogens with one attached hydrogen (secondary N) is 2. The highest BCUT2D eigenvalue weighted by Gasteiger charge is 2.26. The van der Waals surface area contributed by atoms with Gasteiger partial charge in [-0.3, -0.25) is 9.59 Å². The summed E-state index contributed by atoms with van der Waals surface area (Å²) in [7, 11) is 3.55. The summed E-state index contributed by atoms with van der Waals surface area (Å²) in [6.07, 6.45) is 0.732. The van der Waals surface area contributed by atoms with E-state index in [-0.39, 0.29) is 18.4 Å². The third-order valence-corrected chi connectivity index (χ3v) is 6.26. The molecular weight excluding hydrogens is 472 g/mol. The van der Waals surface area contributed by atoms with Gasteiger partial charge in [-0.25, -0.2) is 4.98 Å². The molecule has 1 aromatic heterocycles. The molecule has 0 radical (unpaired) electrons. The lowest BCUT2D eigenvalue weighted by Crippen LogP contribution is -2.44. The van der Waals surface area contributed by atoms with Gasteiger partial charge in [-0.05, 0) is 61.0 Å². The van der Waals surface area contributed by atoms with Gasteiger partial charge in [0.25, 0.3) is 11.8 Å². The highest BCUT2D eigenvalue weighted by molar-refractivity contribution is 6.05. The third kappa shape index (κ3) is 5.35. The molecule has 1 aliphatic rings. The molecule has 2 heterocycles. The number of amides is 2. The van der Waals surface area contributed by atoms with Crippen molar-refractivity contribution < 1.29 is 23.8 Å². The van der Waals surface area contributed by atoms with Crippen LogP contribution in [0.5, 0.6) is 17.2 Å². The van der Waals surface area contributed by atoms with Crippen LogP contribution in [0, 0.1) is 0 Å². The second-order valence-electron chi connectivity index (χ2n) is 8.73. The fourth-order valence-corrected chi connectivity index (χ4v) is 4.22. The van der Waals surface area contributed by atoms with Gasteiger partial charge in [-0.2, -0.15) is 0 Å². The maximum absolute atomic E-state index is 12.6. The highest BCUT2D eigenvalue weighted by Crippen LogP contribution is 2.30. The van der Waals surface area contributed by atoms with E-state index in [0.29, 0.717) is 47.9 Å². The van der Waals surface area contributed by atoms with Crippen LogP contribution in [0.1, 0.15) is 22.6 Å². The zero-order valence-electron chi connectivity index (χ0n) is 20.7. The van der Waals surface area contributed by atoms with Crippen molar-refractivity contribution in [2.24, 2.45) is 7.05 Å². The standard InChI is InChI=1S/C28H28N4O5/c1-32-22-14-11-19(30-27(33)18-9-12-20(35-2)13-10-18)16-21(22)31-26(32)8-5-15-29-28(34)25-17-36-23-6-3-4-7-24(23)37-25/h3-4,6-7,9-14,16,25H,5,8,15,17H2,1-2H3,(H,29,34)(H,30,33). The largest absolute Gasteiger partial charge is 0.497 e. The minimum atomic E-state index is -0.669. The number of aryl methyl sites for hydroxylation is 2. The normalized spacial score (nSPS) is 14.3. The number of carbonyl (C=O) groups is 2. The molecule has 5 rings (SSSR count). The minimum Gasteiger partial charge on any atom is -0.497 e. The van der Waals surface area contributed by atoms with E-state index in [1.54, 1.807) is 37.4 Å². The summed E-state index contributed by atoms with van der Waals surface area (Å²) < 4.78 is 18.5. The fourth-order valence-electron chi connectivity index (χ4n) is 4.22. The maximum atomic E-state index is 12.6. The summed E-state index contributed by atoms with van der Waals surface area (Å²) in [6, 6.07) is 19.9. The Kier molecular flexibility index (Phi) is 6.93. The summed E-state index contributed by atoms with van der Waals surface area (Å²) in [5, 5.41) is 5.84. The van der Waals surface area contributed by atoms with Gasteiger partial charge in [-0.15, -0.1) is 0 Å². The van der Waals surface area contributed by atoms with E-state index in [1.165, 1.54) is 0 Å². The van der Waals surface area contributed by atoms with Gasteiger partial charge in [0, 0.05) is 31.3 Å². The molecule has 0 saturated carbocycles. The first-order valence-corrected chi connectivity index (χ1v) is 12.1. The van der Waals surface area contributed by atoms with Crippen molar-refractivity contribution in [1.82, 2.24) is 14.9 Å². The number of hydrogen-bond acceptors (Lipinski definition) is 6. The lowest BCUT2D eigenvalue weighted by molar-refractivity contribution is -0.130. The van der Waals surface area contributed by atoms with Crippen molar-refractivity contribution in [1.29, 1.82) is 0 Å². The van der Waals surface area contributed by atoms with Gasteiger partial charge in [0.1, 0.15) is 18.2 Å². The van der Waals surface area contributed by atoms with Gasteiger partial charge in [-0.1, -0.05) is 12.1 Å². The molecule has 2 N–H and O–H groups in total. The molecular formula is C28H28N4O5. The van der Waals surface area contributed by atoms with Crippen LogP contribution in [0.25, 0.3) is 11.0 Å². The smallest absolute Gasteiger partial charge is 0.264 e. The summed E-state index contributed by atoms with van der Waals surface area (Å²) in [4.78, 5) is 29.9. The molecule has 1 atom stereocenters. The van der Waals surface area contributed by atoms with Crippen LogP contribution in [-0.2, 0) is 18.3 Å². The number of aromatic nitrogens is 2. The third-order valence-electron chi connectivity index (χ3n) is 6.26. The molecule has 0 saturated heterocycles. The SMILES string of the molecule is COc1ccc(C(=O)Nc2ccc3c(c2)nc(CCCNC(=O)C2COc4ccccc4O2)n3C)cc1. The Hall–Kier alpha value is -4.53. The number of imidazole rings is 1. The first kappa shape index (κ1) is 24.2. The molecule has 37 heavy (non-hydrogen) atoms. The number of carbonyl (C=O) groups excluding carboxylic acids is 2. The summed E-state index contributed by atoms with van der Waals surface area (Å²) in [5.74, 6) is 2.42. The topological polar surface area (TPSA) is 104 Å². The predicted octanol–water partition coefficient (Wildman–Crippen LogP) is 3.72. The van der Waals surface area contributed by atoms with Crippen molar-refractivity contribution in [3.63, 3.8) is 0 Å². The average Bonchev–Trinajstić information content (AvgIpc) is 3.25. The van der Waals surface area contributed by atoms with Crippen molar-refractivity contribution in [2.45, 2.75) is 18.9 Å². The number of anilines is 1. The molecule has 4 aromatic rings. The van der Waals surface area contributed by atoms with Crippen molar-refractivity contribution in [2.75, 3.05) is 25.6 Å². The minimum absolute atomic E-state index is 0.185. The number of ether oxygens (including phenoxy) is 3. The first-order chi connectivity index (χ1) is 18.0. The highest BCUT2D eigenvalue weighted by atomic mass is 16.6. The average molecular weight is 501 g/mol. The quantitative estimate of drug-likeness (QED) is 0.358. The molecule has 9 heteroatoms. The monoisotopic (exact) mass is 500 g/mol. The Morgan fingerprint density at radius 2 is 1.86 bits per heavy atom. The second-order valence-corrected chi connectivity index (χ2v) is 8.73. The molecule has 0 aliphatic carbocycles. The molecule has 3 aromatic carbocycles. The van der Waals surface area contributed by atoms with Gasteiger partial charge in [0.05, 0.1) is 18.1 Å². The zero-order valence-corrected chi connectivity index (χ0v) is 20.7. The lowest BCUT2D eigenvalue weighted by atomic mass is 10.2. The molecule has 0 fully saturated rings. The van der Waals surface area contributed by atoms with E-state index in [4.69, 9.17) is 19.2 Å².